The molecule has 2 aromatic heterocycles. The highest BCUT2D eigenvalue weighted by Crippen LogP contribution is 2.29. The monoisotopic (exact) mass is 481 g/mol. The topological polar surface area (TPSA) is 88.4 Å². The van der Waals surface area contributed by atoms with Gasteiger partial charge in [-0.3, -0.25) is 4.79 Å². The molecule has 12 heteroatoms. The maximum absolute atomic E-state index is 12.9. The van der Waals surface area contributed by atoms with Crippen LogP contribution in [-0.4, -0.2) is 65.7 Å². The van der Waals surface area contributed by atoms with E-state index in [2.05, 4.69) is 9.97 Å². The molecule has 8 nitrogen and oxygen atoms in total. The van der Waals surface area contributed by atoms with Crippen molar-refractivity contribution in [2.24, 2.45) is 7.05 Å². The van der Waals surface area contributed by atoms with Crippen molar-refractivity contribution in [1.82, 2.24) is 19.4 Å². The number of hydrogen-bond acceptors (Lipinski definition) is 6. The molecule has 0 spiro atoms. The number of nitrogens with zero attached hydrogens (tertiary/aromatic N) is 5. The lowest BCUT2D eigenvalue weighted by atomic mass is 10.2. The Morgan fingerprint density at radius 3 is 2.42 bits per heavy atom. The van der Waals surface area contributed by atoms with Crippen LogP contribution in [0.5, 0.6) is 0 Å². The van der Waals surface area contributed by atoms with Gasteiger partial charge in [-0.15, -0.1) is 0 Å². The predicted octanol–water partition coefficient (Wildman–Crippen LogP) is 2.50. The second-order valence-corrected chi connectivity index (χ2v) is 9.90. The smallest absolute Gasteiger partial charge is 0.353 e. The molecule has 33 heavy (non-hydrogen) atoms. The molecular weight excluding hydrogens is 459 g/mol. The van der Waals surface area contributed by atoms with Crippen molar-refractivity contribution >= 4 is 32.6 Å². The zero-order valence-corrected chi connectivity index (χ0v) is 18.6. The van der Waals surface area contributed by atoms with Crippen molar-refractivity contribution in [1.29, 1.82) is 0 Å². The fourth-order valence-corrected chi connectivity index (χ4v) is 5.33. The van der Waals surface area contributed by atoms with Gasteiger partial charge in [-0.1, -0.05) is 6.07 Å². The number of carbonyl (C=O) groups excluding carboxylic acids is 1. The molecule has 0 radical (unpaired) electrons. The van der Waals surface area contributed by atoms with Crippen molar-refractivity contribution in [3.05, 3.63) is 48.4 Å². The van der Waals surface area contributed by atoms with E-state index in [0.29, 0.717) is 43.0 Å². The number of halogens is 3. The predicted molar refractivity (Wildman–Crippen MR) is 115 cm³/mol. The van der Waals surface area contributed by atoms with Gasteiger partial charge in [0.2, 0.25) is 5.91 Å². The molecule has 176 valence electrons. The summed E-state index contributed by atoms with van der Waals surface area (Å²) < 4.78 is 65.6. The van der Waals surface area contributed by atoms with E-state index in [1.807, 2.05) is 0 Å². The Labute approximate surface area is 188 Å². The number of aryl methyl sites for hydroxylation is 1. The molecule has 0 saturated carbocycles. The summed E-state index contributed by atoms with van der Waals surface area (Å²) in [6.07, 6.45) is -2.27. The minimum absolute atomic E-state index is 0.144. The van der Waals surface area contributed by atoms with Gasteiger partial charge in [0.15, 0.2) is 9.84 Å². The average Bonchev–Trinajstić information content (AvgIpc) is 3.18. The van der Waals surface area contributed by atoms with Crippen LogP contribution < -0.4 is 4.90 Å². The molecule has 0 bridgehead atoms. The van der Waals surface area contributed by atoms with Crippen LogP contribution in [0.25, 0.3) is 11.0 Å². The average molecular weight is 482 g/mol. The second-order valence-electron chi connectivity index (χ2n) is 7.82. The van der Waals surface area contributed by atoms with Crippen molar-refractivity contribution in [2.45, 2.75) is 17.5 Å². The number of rotatable bonds is 5. The van der Waals surface area contributed by atoms with E-state index >= 15 is 0 Å². The quantitative estimate of drug-likeness (QED) is 0.557. The Morgan fingerprint density at radius 1 is 1.06 bits per heavy atom. The van der Waals surface area contributed by atoms with Gasteiger partial charge in [0.25, 0.3) is 0 Å². The fourth-order valence-electron chi connectivity index (χ4n) is 3.84. The molecule has 0 aliphatic carbocycles. The number of hydrogen-bond donors (Lipinski definition) is 0. The first-order valence-corrected chi connectivity index (χ1v) is 11.9. The Balaban J connectivity index is 1.35. The lowest BCUT2D eigenvalue weighted by Crippen LogP contribution is -2.49. The molecular formula is C21H22F3N5O3S. The highest BCUT2D eigenvalue weighted by molar-refractivity contribution is 7.91. The molecule has 1 fully saturated rings. The molecule has 1 saturated heterocycles. The maximum Gasteiger partial charge on any atom is 0.417 e. The zero-order valence-electron chi connectivity index (χ0n) is 17.8. The van der Waals surface area contributed by atoms with Gasteiger partial charge < -0.3 is 14.4 Å². The van der Waals surface area contributed by atoms with Gasteiger partial charge in [0.1, 0.15) is 5.82 Å². The largest absolute Gasteiger partial charge is 0.417 e. The third-order valence-corrected chi connectivity index (χ3v) is 7.39. The Bertz CT molecular complexity index is 1260. The van der Waals surface area contributed by atoms with Crippen LogP contribution in [0, 0.1) is 0 Å². The van der Waals surface area contributed by atoms with Crippen LogP contribution in [0.3, 0.4) is 0 Å². The molecule has 1 aliphatic heterocycles. The normalized spacial score (nSPS) is 15.3. The van der Waals surface area contributed by atoms with E-state index in [4.69, 9.17) is 0 Å². The summed E-state index contributed by atoms with van der Waals surface area (Å²) in [6.45, 7) is 1.45. The molecule has 0 unspecified atom stereocenters. The van der Waals surface area contributed by atoms with Crippen molar-refractivity contribution < 1.29 is 26.4 Å². The minimum Gasteiger partial charge on any atom is -0.353 e. The first kappa shape index (κ1) is 23.0. The zero-order chi connectivity index (χ0) is 23.8. The van der Waals surface area contributed by atoms with Crippen LogP contribution >= 0.6 is 0 Å². The van der Waals surface area contributed by atoms with Crippen LogP contribution in [0.1, 0.15) is 12.0 Å². The maximum atomic E-state index is 12.9. The Hall–Kier alpha value is -3.15. The van der Waals surface area contributed by atoms with Gasteiger partial charge in [-0.2, -0.15) is 13.2 Å². The summed E-state index contributed by atoms with van der Waals surface area (Å²) in [7, 11) is -1.99. The number of pyridine rings is 1. The highest BCUT2D eigenvalue weighted by atomic mass is 32.2. The van der Waals surface area contributed by atoms with Gasteiger partial charge in [0.05, 0.1) is 33.6 Å². The number of carbonyl (C=O) groups is 1. The molecule has 4 rings (SSSR count). The summed E-state index contributed by atoms with van der Waals surface area (Å²) in [4.78, 5) is 24.2. The molecule has 1 aliphatic rings. The molecule has 0 atom stereocenters. The fraction of sp³-hybridized carbons (Fsp3) is 0.381. The number of fused-ring (bicyclic) bond motifs is 1. The SMILES string of the molecule is Cn1cnc2cccc(S(=O)(=O)CCC(=O)N3CCN(c4ccc(C(F)(F)F)cn4)CC3)c21. The molecule has 0 N–H and O–H groups in total. The van der Waals surface area contributed by atoms with Crippen molar-refractivity contribution in [2.75, 3.05) is 36.8 Å². The summed E-state index contributed by atoms with van der Waals surface area (Å²) in [5.41, 5.74) is 0.253. The Kier molecular flexibility index (Phi) is 6.04. The van der Waals surface area contributed by atoms with E-state index in [1.54, 1.807) is 39.9 Å². The first-order chi connectivity index (χ1) is 15.6. The van der Waals surface area contributed by atoms with E-state index in [1.165, 1.54) is 12.1 Å². The van der Waals surface area contributed by atoms with Gasteiger partial charge in [0, 0.05) is 45.8 Å². The van der Waals surface area contributed by atoms with E-state index in [-0.39, 0.29) is 23.0 Å². The second kappa shape index (κ2) is 8.65. The standard InChI is InChI=1S/C21H22F3N5O3S/c1-27-14-26-16-3-2-4-17(20(16)27)33(31,32)12-7-19(30)29-10-8-28(9-11-29)18-6-5-15(13-25-18)21(22,23)24/h2-6,13-14H,7-12H2,1H3. The van der Waals surface area contributed by atoms with Gasteiger partial charge in [-0.05, 0) is 24.3 Å². The lowest BCUT2D eigenvalue weighted by molar-refractivity contribution is -0.137. The van der Waals surface area contributed by atoms with E-state index < -0.39 is 21.6 Å². The van der Waals surface area contributed by atoms with Crippen LogP contribution in [0.15, 0.2) is 47.8 Å². The highest BCUT2D eigenvalue weighted by Gasteiger charge is 2.31. The van der Waals surface area contributed by atoms with E-state index in [9.17, 15) is 26.4 Å². The third-order valence-electron chi connectivity index (χ3n) is 5.65. The number of aromatic nitrogens is 3. The molecule has 3 heterocycles. The minimum atomic E-state index is -4.45. The van der Waals surface area contributed by atoms with Crippen LogP contribution in [0.2, 0.25) is 0 Å². The van der Waals surface area contributed by atoms with Crippen molar-refractivity contribution in [3.63, 3.8) is 0 Å². The molecule has 1 aromatic carbocycles. The van der Waals surface area contributed by atoms with E-state index in [0.717, 1.165) is 12.3 Å². The number of para-hydroxylation sites is 1. The lowest BCUT2D eigenvalue weighted by Gasteiger charge is -2.35. The number of amides is 1. The number of anilines is 1. The molecule has 1 amide bonds. The van der Waals surface area contributed by atoms with Crippen molar-refractivity contribution in [3.8, 4) is 0 Å². The summed E-state index contributed by atoms with van der Waals surface area (Å²) >= 11 is 0. The number of piperazine rings is 1. The van der Waals surface area contributed by atoms with Crippen LogP contribution in [0.4, 0.5) is 19.0 Å². The van der Waals surface area contributed by atoms with Gasteiger partial charge in [-0.25, -0.2) is 18.4 Å². The summed E-state index contributed by atoms with van der Waals surface area (Å²) in [5.74, 6) is -0.200. The number of alkyl halides is 3. The number of benzene rings is 1. The third kappa shape index (κ3) is 4.80. The molecule has 3 aromatic rings. The number of sulfone groups is 1. The first-order valence-electron chi connectivity index (χ1n) is 10.2. The van der Waals surface area contributed by atoms with Crippen LogP contribution in [-0.2, 0) is 27.9 Å². The van der Waals surface area contributed by atoms with Gasteiger partial charge >= 0.3 is 6.18 Å². The Morgan fingerprint density at radius 2 is 1.79 bits per heavy atom. The summed E-state index contributed by atoms with van der Waals surface area (Å²) in [6, 6.07) is 7.15. The summed E-state index contributed by atoms with van der Waals surface area (Å²) in [5, 5.41) is 0. The number of imidazole rings is 1.